The molecule has 0 saturated carbocycles. The Hall–Kier alpha value is 1.13. The van der Waals surface area contributed by atoms with Crippen molar-refractivity contribution in [2.24, 2.45) is 0 Å². The molecule has 6 heteroatoms. The fraction of sp³-hybridized carbons (Fsp3) is 0.143. The molecular formula is C7H10Na2O3S. The molecule has 0 saturated heterocycles. The number of rotatable bonds is 1. The van der Waals surface area contributed by atoms with Gasteiger partial charge in [-0.15, -0.1) is 0 Å². The van der Waals surface area contributed by atoms with Crippen LogP contribution in [0.5, 0.6) is 0 Å². The summed E-state index contributed by atoms with van der Waals surface area (Å²) in [4.78, 5) is -0.0666. The molecule has 1 rings (SSSR count). The molecule has 13 heavy (non-hydrogen) atoms. The van der Waals surface area contributed by atoms with Crippen molar-refractivity contribution in [3.8, 4) is 0 Å². The molecule has 3 nitrogen and oxygen atoms in total. The molecule has 0 atom stereocenters. The normalized spacial score (nSPS) is 9.69. The third-order valence-corrected chi connectivity index (χ3v) is 2.19. The molecule has 0 spiro atoms. The monoisotopic (exact) mass is 220 g/mol. The van der Waals surface area contributed by atoms with E-state index in [4.69, 9.17) is 4.55 Å². The zero-order chi connectivity index (χ0) is 8.48. The molecule has 1 N–H and O–H groups in total. The van der Waals surface area contributed by atoms with Crippen LogP contribution in [0.2, 0.25) is 0 Å². The summed E-state index contributed by atoms with van der Waals surface area (Å²) in [6.45, 7) is 1.84. The van der Waals surface area contributed by atoms with Crippen LogP contribution >= 0.6 is 0 Å². The van der Waals surface area contributed by atoms with Gasteiger partial charge in [-0.3, -0.25) is 4.55 Å². The molecule has 0 aliphatic rings. The van der Waals surface area contributed by atoms with Crippen LogP contribution in [0.3, 0.4) is 0 Å². The van der Waals surface area contributed by atoms with Gasteiger partial charge in [-0.25, -0.2) is 0 Å². The molecular weight excluding hydrogens is 210 g/mol. The Morgan fingerprint density at radius 1 is 1.08 bits per heavy atom. The Labute approximate surface area is 122 Å². The number of benzene rings is 1. The van der Waals surface area contributed by atoms with E-state index in [-0.39, 0.29) is 64.0 Å². The summed E-state index contributed by atoms with van der Waals surface area (Å²) in [5.74, 6) is 0. The van der Waals surface area contributed by atoms with Crippen molar-refractivity contribution in [1.82, 2.24) is 0 Å². The van der Waals surface area contributed by atoms with Gasteiger partial charge < -0.3 is 0 Å². The maximum absolute atomic E-state index is 10.5. The molecule has 0 radical (unpaired) electrons. The summed E-state index contributed by atoms with van der Waals surface area (Å²) in [6, 6.07) is 5.99. The average molecular weight is 220 g/mol. The van der Waals surface area contributed by atoms with Crippen molar-refractivity contribution in [2.75, 3.05) is 0 Å². The Morgan fingerprint density at radius 3 is 1.77 bits per heavy atom. The van der Waals surface area contributed by atoms with E-state index in [1.165, 1.54) is 12.1 Å². The van der Waals surface area contributed by atoms with Gasteiger partial charge in [0.2, 0.25) is 0 Å². The van der Waals surface area contributed by atoms with Crippen LogP contribution in [0.15, 0.2) is 29.2 Å². The Morgan fingerprint density at radius 2 is 1.46 bits per heavy atom. The van der Waals surface area contributed by atoms with Crippen molar-refractivity contribution in [3.63, 3.8) is 0 Å². The van der Waals surface area contributed by atoms with Crippen LogP contribution in [-0.4, -0.2) is 72.1 Å². The summed E-state index contributed by atoms with van der Waals surface area (Å²) in [5, 5.41) is 0. The van der Waals surface area contributed by atoms with Gasteiger partial charge in [0, 0.05) is 0 Å². The topological polar surface area (TPSA) is 54.4 Å². The molecule has 0 fully saturated rings. The van der Waals surface area contributed by atoms with Crippen molar-refractivity contribution in [2.45, 2.75) is 11.8 Å². The van der Waals surface area contributed by atoms with Crippen molar-refractivity contribution in [3.05, 3.63) is 29.8 Å². The van der Waals surface area contributed by atoms with E-state index in [0.717, 1.165) is 5.56 Å². The second-order valence-corrected chi connectivity index (χ2v) is 3.71. The molecule has 0 aromatic heterocycles. The molecule has 1 aromatic rings. The van der Waals surface area contributed by atoms with E-state index in [1.54, 1.807) is 12.1 Å². The van der Waals surface area contributed by atoms with Gasteiger partial charge in [-0.1, -0.05) is 17.7 Å². The van der Waals surface area contributed by atoms with Crippen LogP contribution < -0.4 is 0 Å². The van der Waals surface area contributed by atoms with E-state index in [9.17, 15) is 8.42 Å². The minimum absolute atomic E-state index is 0. The van der Waals surface area contributed by atoms with Crippen LogP contribution in [-0.2, 0) is 10.1 Å². The standard InChI is InChI=1S/C7H8O3S.2Na.2H/c1-6-2-4-7(5-3-6)11(8,9)10;;;;/h2-5H,1H3,(H,8,9,10);;;;. The molecule has 0 aliphatic heterocycles. The van der Waals surface area contributed by atoms with Crippen molar-refractivity contribution in [1.29, 1.82) is 0 Å². The van der Waals surface area contributed by atoms with Gasteiger partial charge in [0.1, 0.15) is 0 Å². The van der Waals surface area contributed by atoms with Crippen LogP contribution in [0, 0.1) is 6.92 Å². The quantitative estimate of drug-likeness (QED) is 0.533. The fourth-order valence-electron chi connectivity index (χ4n) is 0.710. The molecule has 64 valence electrons. The first-order chi connectivity index (χ1) is 5.00. The Balaban J connectivity index is 0. The molecule has 0 bridgehead atoms. The van der Waals surface area contributed by atoms with Crippen LogP contribution in [0.4, 0.5) is 0 Å². The number of hydrogen-bond donors (Lipinski definition) is 1. The van der Waals surface area contributed by atoms with Gasteiger partial charge in [-0.2, -0.15) is 8.42 Å². The van der Waals surface area contributed by atoms with E-state index in [1.807, 2.05) is 6.92 Å². The van der Waals surface area contributed by atoms with Gasteiger partial charge in [-0.05, 0) is 19.1 Å². The van der Waals surface area contributed by atoms with E-state index >= 15 is 0 Å². The van der Waals surface area contributed by atoms with Crippen LogP contribution in [0.25, 0.3) is 0 Å². The molecule has 1 aromatic carbocycles. The van der Waals surface area contributed by atoms with E-state index < -0.39 is 10.1 Å². The van der Waals surface area contributed by atoms with E-state index in [2.05, 4.69) is 0 Å². The first-order valence-electron chi connectivity index (χ1n) is 3.04. The minimum atomic E-state index is -4.02. The third-order valence-electron chi connectivity index (χ3n) is 1.32. The number of hydrogen-bond acceptors (Lipinski definition) is 2. The Kier molecular flexibility index (Phi) is 8.38. The van der Waals surface area contributed by atoms with E-state index in [0.29, 0.717) is 0 Å². The van der Waals surface area contributed by atoms with Gasteiger partial charge in [0.25, 0.3) is 10.1 Å². The zero-order valence-corrected chi connectivity index (χ0v) is 6.80. The molecule has 0 heterocycles. The number of aryl methyl sites for hydroxylation is 1. The molecule has 0 amide bonds. The SMILES string of the molecule is Cc1ccc(S(=O)(=O)O)cc1.[NaH].[NaH]. The Bertz CT molecular complexity index is 345. The molecule has 0 unspecified atom stereocenters. The third kappa shape index (κ3) is 5.54. The van der Waals surface area contributed by atoms with Gasteiger partial charge >= 0.3 is 59.1 Å². The van der Waals surface area contributed by atoms with Crippen LogP contribution in [0.1, 0.15) is 5.56 Å². The summed E-state index contributed by atoms with van der Waals surface area (Å²) in [6.07, 6.45) is 0. The van der Waals surface area contributed by atoms with Crippen molar-refractivity contribution >= 4 is 69.2 Å². The second kappa shape index (κ2) is 6.58. The summed E-state index contributed by atoms with van der Waals surface area (Å²) in [5.41, 5.74) is 0.956. The van der Waals surface area contributed by atoms with Crippen molar-refractivity contribution < 1.29 is 13.0 Å². The maximum atomic E-state index is 10.5. The second-order valence-electron chi connectivity index (χ2n) is 2.29. The summed E-state index contributed by atoms with van der Waals surface area (Å²) >= 11 is 0. The first-order valence-corrected chi connectivity index (χ1v) is 4.48. The summed E-state index contributed by atoms with van der Waals surface area (Å²) in [7, 11) is -4.02. The van der Waals surface area contributed by atoms with Gasteiger partial charge in [0.05, 0.1) is 4.90 Å². The predicted octanol–water partition coefficient (Wildman–Crippen LogP) is -0.0553. The first kappa shape index (κ1) is 16.6. The summed E-state index contributed by atoms with van der Waals surface area (Å²) < 4.78 is 29.6. The predicted molar refractivity (Wildman–Crippen MR) is 55.3 cm³/mol. The average Bonchev–Trinajstić information content (AvgIpc) is 1.86. The molecule has 0 aliphatic carbocycles. The van der Waals surface area contributed by atoms with Gasteiger partial charge in [0.15, 0.2) is 0 Å². The zero-order valence-electron chi connectivity index (χ0n) is 5.98. The fourth-order valence-corrected chi connectivity index (χ4v) is 1.19.